The monoisotopic (exact) mass is 385 g/mol. The number of benzene rings is 2. The molecule has 0 bridgehead atoms. The van der Waals surface area contributed by atoms with Gasteiger partial charge < -0.3 is 4.74 Å². The van der Waals surface area contributed by atoms with Crippen LogP contribution in [0.3, 0.4) is 0 Å². The fraction of sp³-hybridized carbons (Fsp3) is 0.261. The fourth-order valence-corrected chi connectivity index (χ4v) is 3.02. The summed E-state index contributed by atoms with van der Waals surface area (Å²) in [5.74, 6) is 0. The Morgan fingerprint density at radius 1 is 0.786 bits per heavy atom. The van der Waals surface area contributed by atoms with Gasteiger partial charge in [0, 0.05) is 11.4 Å². The zero-order chi connectivity index (χ0) is 20.0. The second-order valence-electron chi connectivity index (χ2n) is 6.78. The highest BCUT2D eigenvalue weighted by molar-refractivity contribution is 5.26. The lowest BCUT2D eigenvalue weighted by atomic mass is 10.0. The maximum absolute atomic E-state index is 12.6. The van der Waals surface area contributed by atoms with Crippen LogP contribution in [-0.4, -0.2) is 4.98 Å². The van der Waals surface area contributed by atoms with Gasteiger partial charge in [0.1, 0.15) is 0 Å². The zero-order valence-electron chi connectivity index (χ0n) is 15.7. The minimum absolute atomic E-state index is 0.492. The van der Waals surface area contributed by atoms with Crippen molar-refractivity contribution in [2.24, 2.45) is 0 Å². The van der Waals surface area contributed by atoms with Crippen molar-refractivity contribution in [1.29, 1.82) is 0 Å². The van der Waals surface area contributed by atoms with Crippen LogP contribution in [0.25, 0.3) is 0 Å². The molecule has 1 heterocycles. The van der Waals surface area contributed by atoms with Crippen molar-refractivity contribution in [3.63, 3.8) is 0 Å². The third-order valence-corrected chi connectivity index (χ3v) is 4.40. The lowest BCUT2D eigenvalue weighted by Crippen LogP contribution is -2.05. The van der Waals surface area contributed by atoms with E-state index in [0.29, 0.717) is 26.1 Å². The van der Waals surface area contributed by atoms with Crippen molar-refractivity contribution in [3.8, 4) is 0 Å². The first kappa shape index (κ1) is 20.1. The van der Waals surface area contributed by atoms with Crippen molar-refractivity contribution >= 4 is 0 Å². The summed E-state index contributed by atoms with van der Waals surface area (Å²) in [6.45, 7) is 2.97. The van der Waals surface area contributed by atoms with Gasteiger partial charge in [-0.15, -0.1) is 0 Å². The standard InChI is InChI=1S/C23H22F3NO/c1-17-13-20(16-28-15-19-5-3-2-4-6-19)14-22(27-17)12-9-18-7-10-21(11-8-18)23(24,25)26/h2-8,10-11,13-14H,9,12,15-16H2,1H3. The molecule has 0 unspecified atom stereocenters. The molecule has 146 valence electrons. The molecule has 2 aromatic carbocycles. The van der Waals surface area contributed by atoms with E-state index < -0.39 is 11.7 Å². The number of pyridine rings is 1. The lowest BCUT2D eigenvalue weighted by Gasteiger charge is -2.09. The molecule has 0 N–H and O–H groups in total. The van der Waals surface area contributed by atoms with Crippen LogP contribution in [0, 0.1) is 6.92 Å². The predicted octanol–water partition coefficient (Wildman–Crippen LogP) is 5.91. The normalized spacial score (nSPS) is 11.6. The average Bonchev–Trinajstić information content (AvgIpc) is 2.66. The van der Waals surface area contributed by atoms with Gasteiger partial charge in [-0.2, -0.15) is 13.2 Å². The van der Waals surface area contributed by atoms with E-state index in [1.54, 1.807) is 0 Å². The Bertz CT molecular complexity index is 890. The molecule has 0 aliphatic heterocycles. The third kappa shape index (κ3) is 5.92. The molecule has 0 aliphatic carbocycles. The highest BCUT2D eigenvalue weighted by Crippen LogP contribution is 2.29. The van der Waals surface area contributed by atoms with Crippen LogP contribution in [0.4, 0.5) is 13.2 Å². The molecule has 2 nitrogen and oxygen atoms in total. The summed E-state index contributed by atoms with van der Waals surface area (Å²) in [5, 5.41) is 0. The number of alkyl halides is 3. The van der Waals surface area contributed by atoms with Gasteiger partial charge >= 0.3 is 6.18 Å². The van der Waals surface area contributed by atoms with Crippen LogP contribution in [0.2, 0.25) is 0 Å². The quantitative estimate of drug-likeness (QED) is 0.504. The summed E-state index contributed by atoms with van der Waals surface area (Å²) >= 11 is 0. The molecular formula is C23H22F3NO. The van der Waals surface area contributed by atoms with Gasteiger partial charge in [-0.05, 0) is 60.7 Å². The number of hydrogen-bond acceptors (Lipinski definition) is 2. The molecule has 0 saturated heterocycles. The minimum Gasteiger partial charge on any atom is -0.372 e. The minimum atomic E-state index is -4.30. The molecule has 0 fully saturated rings. The molecule has 0 saturated carbocycles. The summed E-state index contributed by atoms with van der Waals surface area (Å²) in [6, 6.07) is 19.3. The third-order valence-electron chi connectivity index (χ3n) is 4.40. The van der Waals surface area contributed by atoms with Crippen LogP contribution >= 0.6 is 0 Å². The highest BCUT2D eigenvalue weighted by atomic mass is 19.4. The Morgan fingerprint density at radius 3 is 2.14 bits per heavy atom. The average molecular weight is 385 g/mol. The predicted molar refractivity (Wildman–Crippen MR) is 103 cm³/mol. The smallest absolute Gasteiger partial charge is 0.372 e. The first-order chi connectivity index (χ1) is 13.4. The van der Waals surface area contributed by atoms with E-state index in [1.807, 2.05) is 49.4 Å². The molecule has 0 atom stereocenters. The largest absolute Gasteiger partial charge is 0.416 e. The molecule has 3 aromatic rings. The van der Waals surface area contributed by atoms with E-state index in [2.05, 4.69) is 4.98 Å². The number of halogens is 3. The number of nitrogens with zero attached hydrogens (tertiary/aromatic N) is 1. The summed E-state index contributed by atoms with van der Waals surface area (Å²) in [6.07, 6.45) is -3.00. The molecule has 5 heteroatoms. The number of ether oxygens (including phenoxy) is 1. The summed E-state index contributed by atoms with van der Waals surface area (Å²) < 4.78 is 43.7. The second kappa shape index (κ2) is 9.02. The summed E-state index contributed by atoms with van der Waals surface area (Å²) in [5.41, 5.74) is 4.23. The Balaban J connectivity index is 1.57. The van der Waals surface area contributed by atoms with Gasteiger partial charge in [-0.1, -0.05) is 42.5 Å². The van der Waals surface area contributed by atoms with Gasteiger partial charge in [0.05, 0.1) is 18.8 Å². The van der Waals surface area contributed by atoms with E-state index >= 15 is 0 Å². The molecule has 0 spiro atoms. The van der Waals surface area contributed by atoms with Gasteiger partial charge in [0.2, 0.25) is 0 Å². The van der Waals surface area contributed by atoms with Crippen LogP contribution < -0.4 is 0 Å². The molecule has 0 radical (unpaired) electrons. The number of aryl methyl sites for hydroxylation is 3. The molecule has 3 rings (SSSR count). The Morgan fingerprint density at radius 2 is 1.46 bits per heavy atom. The first-order valence-corrected chi connectivity index (χ1v) is 9.14. The van der Waals surface area contributed by atoms with E-state index in [-0.39, 0.29) is 0 Å². The summed E-state index contributed by atoms with van der Waals surface area (Å²) in [4.78, 5) is 4.54. The summed E-state index contributed by atoms with van der Waals surface area (Å²) in [7, 11) is 0. The van der Waals surface area contributed by atoms with Crippen molar-refractivity contribution in [3.05, 3.63) is 100 Å². The Labute approximate surface area is 163 Å². The van der Waals surface area contributed by atoms with Crippen LogP contribution in [0.15, 0.2) is 66.7 Å². The molecule has 0 aliphatic rings. The van der Waals surface area contributed by atoms with Crippen LogP contribution in [0.5, 0.6) is 0 Å². The molecule has 28 heavy (non-hydrogen) atoms. The van der Waals surface area contributed by atoms with Crippen molar-refractivity contribution in [2.75, 3.05) is 0 Å². The van der Waals surface area contributed by atoms with Crippen molar-refractivity contribution in [1.82, 2.24) is 4.98 Å². The molecule has 0 amide bonds. The maximum Gasteiger partial charge on any atom is 0.416 e. The Kier molecular flexibility index (Phi) is 6.47. The number of aromatic nitrogens is 1. The first-order valence-electron chi connectivity index (χ1n) is 9.14. The van der Waals surface area contributed by atoms with Gasteiger partial charge in [0.15, 0.2) is 0 Å². The molecule has 1 aromatic heterocycles. The molecular weight excluding hydrogens is 363 g/mol. The second-order valence-corrected chi connectivity index (χ2v) is 6.78. The van der Waals surface area contributed by atoms with Gasteiger partial charge in [-0.3, -0.25) is 4.98 Å². The number of hydrogen-bond donors (Lipinski definition) is 0. The van der Waals surface area contributed by atoms with E-state index in [9.17, 15) is 13.2 Å². The van der Waals surface area contributed by atoms with E-state index in [0.717, 1.165) is 40.2 Å². The van der Waals surface area contributed by atoms with E-state index in [1.165, 1.54) is 12.1 Å². The van der Waals surface area contributed by atoms with Gasteiger partial charge in [0.25, 0.3) is 0 Å². The van der Waals surface area contributed by atoms with Crippen LogP contribution in [0.1, 0.15) is 33.6 Å². The topological polar surface area (TPSA) is 22.1 Å². The van der Waals surface area contributed by atoms with E-state index in [4.69, 9.17) is 4.74 Å². The SMILES string of the molecule is Cc1cc(COCc2ccccc2)cc(CCc2ccc(C(F)(F)F)cc2)n1. The van der Waals surface area contributed by atoms with Crippen molar-refractivity contribution < 1.29 is 17.9 Å². The van der Waals surface area contributed by atoms with Crippen molar-refractivity contribution in [2.45, 2.75) is 39.2 Å². The zero-order valence-corrected chi connectivity index (χ0v) is 15.7. The lowest BCUT2D eigenvalue weighted by molar-refractivity contribution is -0.137. The van der Waals surface area contributed by atoms with Gasteiger partial charge in [-0.25, -0.2) is 0 Å². The fourth-order valence-electron chi connectivity index (χ4n) is 3.02. The van der Waals surface area contributed by atoms with Crippen LogP contribution in [-0.2, 0) is 37.0 Å². The maximum atomic E-state index is 12.6. The number of rotatable bonds is 7. The Hall–Kier alpha value is -2.66. The highest BCUT2D eigenvalue weighted by Gasteiger charge is 2.29.